The second-order valence-electron chi connectivity index (χ2n) is 5.58. The van der Waals surface area contributed by atoms with Gasteiger partial charge in [0, 0.05) is 23.3 Å². The molecule has 1 aromatic heterocycles. The maximum absolute atomic E-state index is 12.6. The minimum absolute atomic E-state index is 0.0830. The number of aryl methyl sites for hydroxylation is 1. The zero-order valence-electron chi connectivity index (χ0n) is 13.8. The molecule has 0 fully saturated rings. The van der Waals surface area contributed by atoms with Gasteiger partial charge in [0.1, 0.15) is 5.82 Å². The summed E-state index contributed by atoms with van der Waals surface area (Å²) in [6, 6.07) is 15.6. The SMILES string of the molecule is Cc1cc(NC(=O)c2cccc([N+](=O)[O-])c2C)n(-c2ccccc2)n1. The number of carbonyl (C=O) groups is 1. The Morgan fingerprint density at radius 3 is 2.52 bits per heavy atom. The first-order valence-corrected chi connectivity index (χ1v) is 7.65. The summed E-state index contributed by atoms with van der Waals surface area (Å²) >= 11 is 0. The molecule has 1 heterocycles. The van der Waals surface area contributed by atoms with E-state index in [1.165, 1.54) is 12.1 Å². The number of anilines is 1. The predicted molar refractivity (Wildman–Crippen MR) is 94.1 cm³/mol. The fraction of sp³-hybridized carbons (Fsp3) is 0.111. The van der Waals surface area contributed by atoms with Crippen LogP contribution in [0.15, 0.2) is 54.6 Å². The zero-order chi connectivity index (χ0) is 18.0. The van der Waals surface area contributed by atoms with Crippen LogP contribution in [0.5, 0.6) is 0 Å². The van der Waals surface area contributed by atoms with Gasteiger partial charge in [-0.2, -0.15) is 5.10 Å². The highest BCUT2D eigenvalue weighted by molar-refractivity contribution is 6.05. The van der Waals surface area contributed by atoms with Crippen LogP contribution in [-0.2, 0) is 0 Å². The lowest BCUT2D eigenvalue weighted by atomic mass is 10.1. The Hall–Kier alpha value is -3.48. The summed E-state index contributed by atoms with van der Waals surface area (Å²) in [5, 5.41) is 18.2. The third-order valence-electron chi connectivity index (χ3n) is 3.82. The number of carbonyl (C=O) groups excluding carboxylic acids is 1. The molecule has 126 valence electrons. The van der Waals surface area contributed by atoms with Gasteiger partial charge in [-0.05, 0) is 32.0 Å². The summed E-state index contributed by atoms with van der Waals surface area (Å²) in [4.78, 5) is 23.2. The van der Waals surface area contributed by atoms with E-state index in [0.717, 1.165) is 11.4 Å². The molecule has 0 saturated carbocycles. The maximum atomic E-state index is 12.6. The third kappa shape index (κ3) is 3.25. The largest absolute Gasteiger partial charge is 0.306 e. The average Bonchev–Trinajstić information content (AvgIpc) is 2.95. The van der Waals surface area contributed by atoms with E-state index in [1.54, 1.807) is 23.7 Å². The van der Waals surface area contributed by atoms with Crippen molar-refractivity contribution >= 4 is 17.4 Å². The van der Waals surface area contributed by atoms with Crippen molar-refractivity contribution in [1.82, 2.24) is 9.78 Å². The molecule has 0 atom stereocenters. The van der Waals surface area contributed by atoms with Gasteiger partial charge in [0.25, 0.3) is 11.6 Å². The molecule has 7 nitrogen and oxygen atoms in total. The number of benzene rings is 2. The number of amides is 1. The molecule has 0 spiro atoms. The van der Waals surface area contributed by atoms with E-state index in [2.05, 4.69) is 10.4 Å². The standard InChI is InChI=1S/C18H16N4O3/c1-12-11-17(21(20-12)14-7-4-3-5-8-14)19-18(23)15-9-6-10-16(13(15)2)22(24)25/h3-11H,1-2H3,(H,19,23). The summed E-state index contributed by atoms with van der Waals surface area (Å²) in [7, 11) is 0. The second kappa shape index (κ2) is 6.56. The van der Waals surface area contributed by atoms with Crippen molar-refractivity contribution in [3.05, 3.63) is 81.5 Å². The van der Waals surface area contributed by atoms with Crippen LogP contribution in [0.3, 0.4) is 0 Å². The van der Waals surface area contributed by atoms with E-state index in [1.807, 2.05) is 37.3 Å². The zero-order valence-corrected chi connectivity index (χ0v) is 13.8. The summed E-state index contributed by atoms with van der Waals surface area (Å²) in [5.74, 6) is 0.0814. The Balaban J connectivity index is 1.95. The highest BCUT2D eigenvalue weighted by Crippen LogP contribution is 2.23. The van der Waals surface area contributed by atoms with Gasteiger partial charge in [-0.25, -0.2) is 4.68 Å². The van der Waals surface area contributed by atoms with Crippen molar-refractivity contribution in [3.63, 3.8) is 0 Å². The van der Waals surface area contributed by atoms with E-state index in [9.17, 15) is 14.9 Å². The lowest BCUT2D eigenvalue weighted by molar-refractivity contribution is -0.385. The molecule has 2 aromatic carbocycles. The van der Waals surface area contributed by atoms with Crippen molar-refractivity contribution in [2.24, 2.45) is 0 Å². The van der Waals surface area contributed by atoms with Crippen LogP contribution in [0.4, 0.5) is 11.5 Å². The molecule has 25 heavy (non-hydrogen) atoms. The Morgan fingerprint density at radius 1 is 1.12 bits per heavy atom. The van der Waals surface area contributed by atoms with E-state index in [4.69, 9.17) is 0 Å². The minimum Gasteiger partial charge on any atom is -0.306 e. The first kappa shape index (κ1) is 16.4. The number of nitrogens with zero attached hydrogens (tertiary/aromatic N) is 3. The van der Waals surface area contributed by atoms with Crippen LogP contribution >= 0.6 is 0 Å². The number of nitro benzene ring substituents is 1. The highest BCUT2D eigenvalue weighted by atomic mass is 16.6. The van der Waals surface area contributed by atoms with Gasteiger partial charge in [0.2, 0.25) is 0 Å². The van der Waals surface area contributed by atoms with Crippen LogP contribution in [0, 0.1) is 24.0 Å². The minimum atomic E-state index is -0.496. The summed E-state index contributed by atoms with van der Waals surface area (Å²) < 4.78 is 1.62. The topological polar surface area (TPSA) is 90.1 Å². The number of nitro groups is 1. The lowest BCUT2D eigenvalue weighted by Crippen LogP contribution is -2.16. The number of hydrogen-bond donors (Lipinski definition) is 1. The number of rotatable bonds is 4. The first-order valence-electron chi connectivity index (χ1n) is 7.65. The summed E-state index contributed by atoms with van der Waals surface area (Å²) in [6.45, 7) is 3.39. The molecule has 0 saturated heterocycles. The van der Waals surface area contributed by atoms with E-state index >= 15 is 0 Å². The predicted octanol–water partition coefficient (Wildman–Crippen LogP) is 3.65. The molecule has 7 heteroatoms. The van der Waals surface area contributed by atoms with Gasteiger partial charge in [-0.1, -0.05) is 24.3 Å². The Bertz CT molecular complexity index is 948. The number of hydrogen-bond acceptors (Lipinski definition) is 4. The molecule has 0 unspecified atom stereocenters. The van der Waals surface area contributed by atoms with Gasteiger partial charge < -0.3 is 5.32 Å². The maximum Gasteiger partial charge on any atom is 0.273 e. The van der Waals surface area contributed by atoms with Crippen molar-refractivity contribution in [1.29, 1.82) is 0 Å². The van der Waals surface area contributed by atoms with Crippen LogP contribution < -0.4 is 5.32 Å². The smallest absolute Gasteiger partial charge is 0.273 e. The molecular weight excluding hydrogens is 320 g/mol. The van der Waals surface area contributed by atoms with Gasteiger partial charge in [0.15, 0.2) is 0 Å². The molecule has 1 amide bonds. The Kier molecular flexibility index (Phi) is 4.30. The van der Waals surface area contributed by atoms with Crippen molar-refractivity contribution in [3.8, 4) is 5.69 Å². The quantitative estimate of drug-likeness (QED) is 0.581. The van der Waals surface area contributed by atoms with E-state index in [0.29, 0.717) is 11.4 Å². The fourth-order valence-corrected chi connectivity index (χ4v) is 2.61. The molecule has 0 aliphatic heterocycles. The summed E-state index contributed by atoms with van der Waals surface area (Å²) in [6.07, 6.45) is 0. The molecule has 0 bridgehead atoms. The Labute approximate surface area is 144 Å². The van der Waals surface area contributed by atoms with E-state index in [-0.39, 0.29) is 11.3 Å². The van der Waals surface area contributed by atoms with E-state index < -0.39 is 10.8 Å². The summed E-state index contributed by atoms with van der Waals surface area (Å²) in [5.41, 5.74) is 2.05. The number of aromatic nitrogens is 2. The number of nitrogens with one attached hydrogen (secondary N) is 1. The molecule has 1 N–H and O–H groups in total. The van der Waals surface area contributed by atoms with Crippen LogP contribution in [0.2, 0.25) is 0 Å². The van der Waals surface area contributed by atoms with Crippen LogP contribution in [0.1, 0.15) is 21.6 Å². The third-order valence-corrected chi connectivity index (χ3v) is 3.82. The van der Waals surface area contributed by atoms with Gasteiger partial charge in [0.05, 0.1) is 16.3 Å². The molecule has 0 aliphatic carbocycles. The highest BCUT2D eigenvalue weighted by Gasteiger charge is 2.19. The lowest BCUT2D eigenvalue weighted by Gasteiger charge is -2.10. The second-order valence-corrected chi connectivity index (χ2v) is 5.58. The Morgan fingerprint density at radius 2 is 1.84 bits per heavy atom. The molecule has 0 radical (unpaired) electrons. The fourth-order valence-electron chi connectivity index (χ4n) is 2.61. The van der Waals surface area contributed by atoms with Crippen LogP contribution in [-0.4, -0.2) is 20.6 Å². The van der Waals surface area contributed by atoms with Crippen molar-refractivity contribution < 1.29 is 9.72 Å². The monoisotopic (exact) mass is 336 g/mol. The molecule has 3 aromatic rings. The van der Waals surface area contributed by atoms with Crippen LogP contribution in [0.25, 0.3) is 5.69 Å². The molecule has 3 rings (SSSR count). The van der Waals surface area contributed by atoms with Gasteiger partial charge >= 0.3 is 0 Å². The normalized spacial score (nSPS) is 10.5. The van der Waals surface area contributed by atoms with Gasteiger partial charge in [-0.15, -0.1) is 0 Å². The van der Waals surface area contributed by atoms with Gasteiger partial charge in [-0.3, -0.25) is 14.9 Å². The molecular formula is C18H16N4O3. The molecule has 0 aliphatic rings. The number of para-hydroxylation sites is 1. The first-order chi connectivity index (χ1) is 12.0. The van der Waals surface area contributed by atoms with Crippen molar-refractivity contribution in [2.75, 3.05) is 5.32 Å². The average molecular weight is 336 g/mol. The van der Waals surface area contributed by atoms with Crippen molar-refractivity contribution in [2.45, 2.75) is 13.8 Å².